The Morgan fingerprint density at radius 2 is 1.16 bits per heavy atom. The van der Waals surface area contributed by atoms with Gasteiger partial charge in [0.15, 0.2) is 0 Å². The highest BCUT2D eigenvalue weighted by atomic mass is 16.6. The molecule has 0 bridgehead atoms. The van der Waals surface area contributed by atoms with Gasteiger partial charge >= 0.3 is 5.97 Å². The number of esters is 1. The van der Waals surface area contributed by atoms with Crippen LogP contribution in [0.2, 0.25) is 0 Å². The van der Waals surface area contributed by atoms with Crippen LogP contribution in [0.3, 0.4) is 0 Å². The van der Waals surface area contributed by atoms with Crippen LogP contribution in [0.25, 0.3) is 0 Å². The zero-order valence-corrected chi connectivity index (χ0v) is 27.5. The predicted octanol–water partition coefficient (Wildman–Crippen LogP) is 5.27. The molecule has 1 unspecified atom stereocenters. The fourth-order valence-corrected chi connectivity index (χ4v) is 4.22. The molecule has 10 heteroatoms. The number of nitrogens with one attached hydrogen (secondary N) is 2. The van der Waals surface area contributed by atoms with E-state index >= 15 is 0 Å². The molecule has 0 rings (SSSR count). The maximum absolute atomic E-state index is 12.4. The summed E-state index contributed by atoms with van der Waals surface area (Å²) < 4.78 is 26.8. The normalized spacial score (nSPS) is 12.0. The van der Waals surface area contributed by atoms with Gasteiger partial charge in [0.25, 0.3) is 0 Å². The van der Waals surface area contributed by atoms with Gasteiger partial charge in [-0.1, -0.05) is 83.3 Å². The van der Waals surface area contributed by atoms with Crippen molar-refractivity contribution < 1.29 is 38.1 Å². The molecule has 0 aliphatic rings. The number of unbranched alkanes of at least 4 members (excludes halogenated alkanes) is 11. The zero-order valence-electron chi connectivity index (χ0n) is 27.5. The first kappa shape index (κ1) is 41.0. The highest BCUT2D eigenvalue weighted by molar-refractivity contribution is 5.76. The molecule has 1 atom stereocenters. The molecular weight excluding hydrogens is 552 g/mol. The van der Waals surface area contributed by atoms with E-state index in [1.165, 1.54) is 84.5 Å². The van der Waals surface area contributed by atoms with E-state index in [4.69, 9.17) is 23.7 Å². The number of hydrogen-bond acceptors (Lipinski definition) is 8. The summed E-state index contributed by atoms with van der Waals surface area (Å²) in [6.07, 6.45) is 20.8. The average molecular weight is 615 g/mol. The van der Waals surface area contributed by atoms with Crippen LogP contribution >= 0.6 is 0 Å². The van der Waals surface area contributed by atoms with Gasteiger partial charge in [0, 0.05) is 26.8 Å². The molecule has 0 saturated heterocycles. The molecule has 0 aliphatic heterocycles. The fraction of sp³-hybridized carbons (Fsp3) is 0.848. The average Bonchev–Trinajstić information content (AvgIpc) is 2.97. The molecule has 0 aliphatic carbocycles. The lowest BCUT2D eigenvalue weighted by molar-refractivity contribution is -0.142. The third kappa shape index (κ3) is 34.4. The third-order valence-corrected chi connectivity index (χ3v) is 6.62. The number of rotatable bonds is 32. The summed E-state index contributed by atoms with van der Waals surface area (Å²) in [4.78, 5) is 34.4. The van der Waals surface area contributed by atoms with E-state index in [0.29, 0.717) is 59.2 Å². The standard InChI is InChI=1S/C33H62N2O8/c1-4-5-6-7-8-9-10-11-12-13-14-15-16-17-18-32(29-43-31(3)37)35-33(38)19-21-39-23-25-41-27-28-42-26-24-40-22-20-34-30(2)36/h16-17,32H,4-15,18-29H2,1-3H3,(H,34,36)(H,35,38)/b17-16+. The van der Waals surface area contributed by atoms with Gasteiger partial charge in [-0.2, -0.15) is 0 Å². The van der Waals surface area contributed by atoms with Gasteiger partial charge in [-0.15, -0.1) is 0 Å². The lowest BCUT2D eigenvalue weighted by Crippen LogP contribution is -2.38. The minimum atomic E-state index is -0.357. The molecule has 252 valence electrons. The Morgan fingerprint density at radius 3 is 1.70 bits per heavy atom. The summed E-state index contributed by atoms with van der Waals surface area (Å²) in [5.74, 6) is -0.563. The minimum Gasteiger partial charge on any atom is -0.464 e. The van der Waals surface area contributed by atoms with E-state index in [9.17, 15) is 14.4 Å². The van der Waals surface area contributed by atoms with Gasteiger partial charge in [0.2, 0.25) is 11.8 Å². The van der Waals surface area contributed by atoms with Gasteiger partial charge in [0.05, 0.1) is 58.9 Å². The number of ether oxygens (including phenoxy) is 5. The summed E-state index contributed by atoms with van der Waals surface area (Å²) in [5.41, 5.74) is 0. The smallest absolute Gasteiger partial charge is 0.302 e. The quantitative estimate of drug-likeness (QED) is 0.0597. The topological polar surface area (TPSA) is 121 Å². The van der Waals surface area contributed by atoms with E-state index in [-0.39, 0.29) is 43.5 Å². The van der Waals surface area contributed by atoms with Gasteiger partial charge < -0.3 is 34.3 Å². The Morgan fingerprint density at radius 1 is 0.651 bits per heavy atom. The fourth-order valence-electron chi connectivity index (χ4n) is 4.22. The SMILES string of the molecule is CCCCCCCCCCCCC/C=C/CC(COC(C)=O)NC(=O)CCOCCOCCOCCOCCNC(C)=O. The van der Waals surface area contributed by atoms with Crippen LogP contribution in [0.5, 0.6) is 0 Å². The van der Waals surface area contributed by atoms with E-state index in [1.54, 1.807) is 0 Å². The highest BCUT2D eigenvalue weighted by Crippen LogP contribution is 2.12. The van der Waals surface area contributed by atoms with Gasteiger partial charge in [-0.25, -0.2) is 0 Å². The van der Waals surface area contributed by atoms with Crippen molar-refractivity contribution in [1.82, 2.24) is 10.6 Å². The molecular formula is C33H62N2O8. The van der Waals surface area contributed by atoms with Crippen LogP contribution < -0.4 is 10.6 Å². The molecule has 0 aromatic rings. The number of carbonyl (C=O) groups is 3. The summed E-state index contributed by atoms with van der Waals surface area (Å²) in [5, 5.41) is 5.60. The number of allylic oxidation sites excluding steroid dienone is 1. The van der Waals surface area contributed by atoms with Crippen LogP contribution in [0.15, 0.2) is 12.2 Å². The highest BCUT2D eigenvalue weighted by Gasteiger charge is 2.12. The monoisotopic (exact) mass is 614 g/mol. The van der Waals surface area contributed by atoms with E-state index in [1.807, 2.05) is 0 Å². The minimum absolute atomic E-state index is 0.0719. The van der Waals surface area contributed by atoms with Crippen molar-refractivity contribution in [2.45, 2.75) is 117 Å². The first-order chi connectivity index (χ1) is 21.0. The largest absolute Gasteiger partial charge is 0.464 e. The Bertz CT molecular complexity index is 690. The van der Waals surface area contributed by atoms with Crippen LogP contribution in [0, 0.1) is 0 Å². The Kier molecular flexibility index (Phi) is 31.4. The van der Waals surface area contributed by atoms with Crippen molar-refractivity contribution in [3.63, 3.8) is 0 Å². The number of amides is 2. The van der Waals surface area contributed by atoms with E-state index in [0.717, 1.165) is 6.42 Å². The van der Waals surface area contributed by atoms with Gasteiger partial charge in [-0.3, -0.25) is 14.4 Å². The maximum atomic E-state index is 12.4. The molecule has 0 saturated carbocycles. The van der Waals surface area contributed by atoms with Crippen molar-refractivity contribution in [1.29, 1.82) is 0 Å². The molecule has 0 heterocycles. The summed E-state index contributed by atoms with van der Waals surface area (Å²) in [7, 11) is 0. The Labute approximate surface area is 261 Å². The van der Waals surface area contributed by atoms with Crippen molar-refractivity contribution >= 4 is 17.8 Å². The van der Waals surface area contributed by atoms with Crippen molar-refractivity contribution in [3.8, 4) is 0 Å². The van der Waals surface area contributed by atoms with E-state index in [2.05, 4.69) is 29.7 Å². The molecule has 0 aromatic carbocycles. The lowest BCUT2D eigenvalue weighted by Gasteiger charge is -2.17. The molecule has 43 heavy (non-hydrogen) atoms. The number of hydrogen-bond donors (Lipinski definition) is 2. The molecule has 10 nitrogen and oxygen atoms in total. The van der Waals surface area contributed by atoms with Crippen LogP contribution in [0.4, 0.5) is 0 Å². The second-order valence-corrected chi connectivity index (χ2v) is 10.8. The third-order valence-electron chi connectivity index (χ3n) is 6.62. The molecule has 2 amide bonds. The van der Waals surface area contributed by atoms with Crippen LogP contribution in [-0.2, 0) is 38.1 Å². The summed E-state index contributed by atoms with van der Waals surface area (Å²) in [6.45, 7) is 9.11. The van der Waals surface area contributed by atoms with E-state index < -0.39 is 0 Å². The predicted molar refractivity (Wildman–Crippen MR) is 170 cm³/mol. The molecule has 0 aromatic heterocycles. The lowest BCUT2D eigenvalue weighted by atomic mass is 10.1. The molecule has 0 fully saturated rings. The van der Waals surface area contributed by atoms with Gasteiger partial charge in [0.1, 0.15) is 6.61 Å². The second-order valence-electron chi connectivity index (χ2n) is 10.8. The van der Waals surface area contributed by atoms with Gasteiger partial charge in [-0.05, 0) is 19.3 Å². The zero-order chi connectivity index (χ0) is 31.6. The summed E-state index contributed by atoms with van der Waals surface area (Å²) in [6, 6.07) is -0.254. The van der Waals surface area contributed by atoms with Crippen molar-refractivity contribution in [2.75, 3.05) is 66.0 Å². The first-order valence-electron chi connectivity index (χ1n) is 16.6. The molecule has 0 spiro atoms. The van der Waals surface area contributed by atoms with Crippen LogP contribution in [-0.4, -0.2) is 89.8 Å². The Balaban J connectivity index is 3.77. The summed E-state index contributed by atoms with van der Waals surface area (Å²) >= 11 is 0. The molecule has 0 radical (unpaired) electrons. The Hall–Kier alpha value is -2.01. The van der Waals surface area contributed by atoms with Crippen molar-refractivity contribution in [3.05, 3.63) is 12.2 Å². The first-order valence-corrected chi connectivity index (χ1v) is 16.6. The molecule has 2 N–H and O–H groups in total. The maximum Gasteiger partial charge on any atom is 0.302 e. The van der Waals surface area contributed by atoms with Crippen molar-refractivity contribution in [2.24, 2.45) is 0 Å². The number of carbonyl (C=O) groups excluding carboxylic acids is 3. The second kappa shape index (κ2) is 32.9. The van der Waals surface area contributed by atoms with Crippen LogP contribution in [0.1, 0.15) is 111 Å².